The molecule has 2 unspecified atom stereocenters. The highest BCUT2D eigenvalue weighted by atomic mass is 32.2. The van der Waals surface area contributed by atoms with Crippen LogP contribution >= 0.6 is 0 Å². The lowest BCUT2D eigenvalue weighted by Crippen LogP contribution is -2.47. The predicted molar refractivity (Wildman–Crippen MR) is 90.6 cm³/mol. The molecule has 1 aromatic rings. The molecular weight excluding hydrogens is 312 g/mol. The van der Waals surface area contributed by atoms with Crippen molar-refractivity contribution in [3.8, 4) is 5.75 Å². The average Bonchev–Trinajstić information content (AvgIpc) is 3.05. The molecule has 23 heavy (non-hydrogen) atoms. The first-order chi connectivity index (χ1) is 11.0. The molecule has 2 saturated heterocycles. The van der Waals surface area contributed by atoms with E-state index < -0.39 is 10.2 Å². The second-order valence-electron chi connectivity index (χ2n) is 6.66. The first-order valence-electron chi connectivity index (χ1n) is 8.43. The fourth-order valence-corrected chi connectivity index (χ4v) is 5.71. The smallest absolute Gasteiger partial charge is 0.282 e. The second kappa shape index (κ2) is 6.79. The summed E-state index contributed by atoms with van der Waals surface area (Å²) < 4.78 is 34.8. The van der Waals surface area contributed by atoms with E-state index in [1.165, 1.54) is 0 Å². The fourth-order valence-electron chi connectivity index (χ4n) is 3.70. The van der Waals surface area contributed by atoms with Crippen LogP contribution in [0.25, 0.3) is 0 Å². The van der Waals surface area contributed by atoms with E-state index in [1.807, 2.05) is 24.3 Å². The van der Waals surface area contributed by atoms with Gasteiger partial charge in [0.25, 0.3) is 10.2 Å². The van der Waals surface area contributed by atoms with Crippen LogP contribution in [0.15, 0.2) is 24.3 Å². The largest absolute Gasteiger partial charge is 0.497 e. The van der Waals surface area contributed by atoms with Crippen LogP contribution in [0.3, 0.4) is 0 Å². The lowest BCUT2D eigenvalue weighted by atomic mass is 10.0. The molecule has 0 aliphatic carbocycles. The number of ether oxygens (including phenoxy) is 1. The van der Waals surface area contributed by atoms with Crippen LogP contribution in [0.5, 0.6) is 5.75 Å². The Morgan fingerprint density at radius 3 is 2.70 bits per heavy atom. The second-order valence-corrected chi connectivity index (χ2v) is 8.54. The van der Waals surface area contributed by atoms with Crippen LogP contribution in [0.1, 0.15) is 44.2 Å². The highest BCUT2D eigenvalue weighted by Crippen LogP contribution is 2.37. The molecule has 6 heteroatoms. The van der Waals surface area contributed by atoms with Crippen LogP contribution in [0.2, 0.25) is 0 Å². The molecule has 0 aromatic heterocycles. The number of hydrogen-bond donors (Lipinski definition) is 0. The van der Waals surface area contributed by atoms with Crippen molar-refractivity contribution in [2.75, 3.05) is 26.7 Å². The molecule has 0 bridgehead atoms. The molecule has 2 fully saturated rings. The highest BCUT2D eigenvalue weighted by Gasteiger charge is 2.39. The Balaban J connectivity index is 1.85. The SMILES string of the molecule is COc1cccc(C2CCCN2S(=O)(=O)N2CCCC(C)C2)c1. The van der Waals surface area contributed by atoms with Gasteiger partial charge in [0, 0.05) is 19.6 Å². The van der Waals surface area contributed by atoms with Gasteiger partial charge in [-0.3, -0.25) is 0 Å². The van der Waals surface area contributed by atoms with Crippen molar-refractivity contribution in [2.45, 2.75) is 38.6 Å². The predicted octanol–water partition coefficient (Wildman–Crippen LogP) is 2.81. The Labute approximate surface area is 139 Å². The summed E-state index contributed by atoms with van der Waals surface area (Å²) in [5.74, 6) is 1.22. The minimum absolute atomic E-state index is 0.0765. The molecule has 3 rings (SSSR count). The zero-order chi connectivity index (χ0) is 16.4. The van der Waals surface area contributed by atoms with Gasteiger partial charge in [0.1, 0.15) is 5.75 Å². The van der Waals surface area contributed by atoms with Gasteiger partial charge >= 0.3 is 0 Å². The Bertz CT molecular complexity index is 647. The maximum absolute atomic E-state index is 13.1. The minimum atomic E-state index is -3.39. The Hall–Kier alpha value is -1.11. The van der Waals surface area contributed by atoms with Gasteiger partial charge in [0.15, 0.2) is 0 Å². The van der Waals surface area contributed by atoms with Crippen LogP contribution in [0.4, 0.5) is 0 Å². The van der Waals surface area contributed by atoms with Crippen LogP contribution in [-0.4, -0.2) is 43.8 Å². The van der Waals surface area contributed by atoms with Crippen molar-refractivity contribution in [2.24, 2.45) is 5.92 Å². The molecule has 5 nitrogen and oxygen atoms in total. The monoisotopic (exact) mass is 338 g/mol. The molecule has 0 saturated carbocycles. The first kappa shape index (κ1) is 16.7. The maximum Gasteiger partial charge on any atom is 0.282 e. The van der Waals surface area contributed by atoms with Crippen molar-refractivity contribution in [1.82, 2.24) is 8.61 Å². The van der Waals surface area contributed by atoms with Gasteiger partial charge < -0.3 is 4.74 Å². The molecule has 2 aliphatic heterocycles. The van der Waals surface area contributed by atoms with E-state index in [9.17, 15) is 8.42 Å². The maximum atomic E-state index is 13.1. The normalized spacial score (nSPS) is 27.2. The van der Waals surface area contributed by atoms with E-state index in [4.69, 9.17) is 4.74 Å². The summed E-state index contributed by atoms with van der Waals surface area (Å²) in [4.78, 5) is 0. The first-order valence-corrected chi connectivity index (χ1v) is 9.83. The van der Waals surface area contributed by atoms with E-state index >= 15 is 0 Å². The summed E-state index contributed by atoms with van der Waals surface area (Å²) in [6, 6.07) is 7.70. The van der Waals surface area contributed by atoms with E-state index in [0.29, 0.717) is 25.6 Å². The lowest BCUT2D eigenvalue weighted by Gasteiger charge is -2.35. The minimum Gasteiger partial charge on any atom is -0.497 e. The Kier molecular flexibility index (Phi) is 4.94. The summed E-state index contributed by atoms with van der Waals surface area (Å²) in [5.41, 5.74) is 1.02. The summed E-state index contributed by atoms with van der Waals surface area (Å²) in [5, 5.41) is 0. The molecule has 0 radical (unpaired) electrons. The number of benzene rings is 1. The Morgan fingerprint density at radius 1 is 1.17 bits per heavy atom. The third-order valence-electron chi connectivity index (χ3n) is 4.92. The van der Waals surface area contributed by atoms with Gasteiger partial charge in [-0.1, -0.05) is 19.1 Å². The van der Waals surface area contributed by atoms with E-state index in [-0.39, 0.29) is 6.04 Å². The third kappa shape index (κ3) is 3.39. The zero-order valence-electron chi connectivity index (χ0n) is 13.9. The molecule has 2 aliphatic rings. The molecule has 0 amide bonds. The van der Waals surface area contributed by atoms with Crippen molar-refractivity contribution in [3.63, 3.8) is 0 Å². The number of hydrogen-bond acceptors (Lipinski definition) is 3. The summed E-state index contributed by atoms with van der Waals surface area (Å²) in [6.45, 7) is 4.03. The van der Waals surface area contributed by atoms with Gasteiger partial charge in [-0.2, -0.15) is 17.0 Å². The van der Waals surface area contributed by atoms with Crippen molar-refractivity contribution in [3.05, 3.63) is 29.8 Å². The summed E-state index contributed by atoms with van der Waals surface area (Å²) >= 11 is 0. The zero-order valence-corrected chi connectivity index (χ0v) is 14.8. The fraction of sp³-hybridized carbons (Fsp3) is 0.647. The van der Waals surface area contributed by atoms with Crippen molar-refractivity contribution >= 4 is 10.2 Å². The van der Waals surface area contributed by atoms with E-state index in [0.717, 1.165) is 37.0 Å². The quantitative estimate of drug-likeness (QED) is 0.848. The number of rotatable bonds is 4. The van der Waals surface area contributed by atoms with Crippen molar-refractivity contribution in [1.29, 1.82) is 0 Å². The van der Waals surface area contributed by atoms with Crippen LogP contribution in [0, 0.1) is 5.92 Å². The lowest BCUT2D eigenvalue weighted by molar-refractivity contribution is 0.254. The average molecular weight is 338 g/mol. The standard InChI is InChI=1S/C17H26N2O3S/c1-14-6-4-10-18(13-14)23(20,21)19-11-5-9-17(19)15-7-3-8-16(12-15)22-2/h3,7-8,12,14,17H,4-6,9-11,13H2,1-2H3. The van der Waals surface area contributed by atoms with Crippen LogP contribution in [-0.2, 0) is 10.2 Å². The van der Waals surface area contributed by atoms with Gasteiger partial charge in [-0.05, 0) is 49.3 Å². The van der Waals surface area contributed by atoms with E-state index in [2.05, 4.69) is 6.92 Å². The van der Waals surface area contributed by atoms with E-state index in [1.54, 1.807) is 15.7 Å². The van der Waals surface area contributed by atoms with Gasteiger partial charge in [0.05, 0.1) is 13.2 Å². The van der Waals surface area contributed by atoms with Gasteiger partial charge in [-0.25, -0.2) is 0 Å². The third-order valence-corrected chi connectivity index (χ3v) is 6.94. The molecule has 0 N–H and O–H groups in total. The topological polar surface area (TPSA) is 49.9 Å². The number of nitrogens with zero attached hydrogens (tertiary/aromatic N) is 2. The molecule has 128 valence electrons. The molecule has 2 heterocycles. The summed E-state index contributed by atoms with van der Waals surface area (Å²) in [6.07, 6.45) is 3.85. The number of methoxy groups -OCH3 is 1. The van der Waals surface area contributed by atoms with Crippen molar-refractivity contribution < 1.29 is 13.2 Å². The van der Waals surface area contributed by atoms with Gasteiger partial charge in [-0.15, -0.1) is 0 Å². The molecule has 1 aromatic carbocycles. The molecule has 2 atom stereocenters. The van der Waals surface area contributed by atoms with Crippen LogP contribution < -0.4 is 4.74 Å². The number of piperidine rings is 1. The van der Waals surface area contributed by atoms with Gasteiger partial charge in [0.2, 0.25) is 0 Å². The summed E-state index contributed by atoms with van der Waals surface area (Å²) in [7, 11) is -1.75. The molecular formula is C17H26N2O3S. The molecule has 0 spiro atoms. The highest BCUT2D eigenvalue weighted by molar-refractivity contribution is 7.86. The Morgan fingerprint density at radius 2 is 1.96 bits per heavy atom.